The van der Waals surface area contributed by atoms with Crippen molar-refractivity contribution in [3.05, 3.63) is 34.0 Å². The van der Waals surface area contributed by atoms with E-state index >= 15 is 0 Å². The maximum absolute atomic E-state index is 11.7. The normalized spacial score (nSPS) is 24.0. The van der Waals surface area contributed by atoms with Crippen LogP contribution in [0.15, 0.2) is 49.0 Å². The maximum atomic E-state index is 11.7. The molecule has 0 heterocycles. The monoisotopic (exact) mass is 459 g/mol. The molecule has 3 N–H and O–H groups in total. The highest BCUT2D eigenvalue weighted by molar-refractivity contribution is 6.13. The van der Waals surface area contributed by atoms with E-state index in [1.165, 1.54) is 60.2 Å². The predicted octanol–water partition coefficient (Wildman–Crippen LogP) is 3.75. The Morgan fingerprint density at radius 1 is 0.545 bits per heavy atom. The Bertz CT molecular complexity index is 827. The summed E-state index contributed by atoms with van der Waals surface area (Å²) in [5.74, 6) is -1.34. The minimum atomic E-state index is -0.317. The molecule has 1 aliphatic carbocycles. The second-order valence-electron chi connectivity index (χ2n) is 8.17. The van der Waals surface area contributed by atoms with Crippen molar-refractivity contribution < 1.29 is 29.7 Å². The van der Waals surface area contributed by atoms with Crippen LogP contribution in [0.1, 0.15) is 60.8 Å². The summed E-state index contributed by atoms with van der Waals surface area (Å²) in [5, 5.41) is 29.1. The van der Waals surface area contributed by atoms with Crippen molar-refractivity contribution in [1.29, 1.82) is 0 Å². The lowest BCUT2D eigenvalue weighted by Crippen LogP contribution is -2.31. The van der Waals surface area contributed by atoms with Gasteiger partial charge in [-0.1, -0.05) is 0 Å². The van der Waals surface area contributed by atoms with Crippen LogP contribution in [-0.4, -0.2) is 69.4 Å². The zero-order valence-corrected chi connectivity index (χ0v) is 20.0. The van der Waals surface area contributed by atoms with Gasteiger partial charge in [0.25, 0.3) is 0 Å². The Labute approximate surface area is 194 Å². The Balaban J connectivity index is 3.26. The number of carbonyl (C=O) groups is 3. The molecule has 0 radical (unpaired) electrons. The Hall–Kier alpha value is -3.36. The summed E-state index contributed by atoms with van der Waals surface area (Å²) in [5.41, 5.74) is 0.322. The Morgan fingerprint density at radius 3 is 0.909 bits per heavy atom. The number of allylic oxidation sites excluding steroid dienone is 6. The number of nitrogens with zero attached hydrogens (tertiary/aromatic N) is 3. The van der Waals surface area contributed by atoms with Crippen LogP contribution >= 0.6 is 0 Å². The molecule has 0 aromatic rings. The SMILES string of the molecule is CC(=O)/C(C=NC1CC(N=C/C(C(C)=O)=C(/C)O)CC(N=C/C(C(C)=O)=C(/C)O)C1)=C(\C)O. The third kappa shape index (κ3) is 8.96. The second-order valence-corrected chi connectivity index (χ2v) is 8.17. The molecule has 180 valence electrons. The van der Waals surface area contributed by atoms with E-state index in [2.05, 4.69) is 15.0 Å². The molecule has 1 rings (SSSR count). The third-order valence-corrected chi connectivity index (χ3v) is 5.18. The molecule has 1 fully saturated rings. The first-order valence-electron chi connectivity index (χ1n) is 10.6. The van der Waals surface area contributed by atoms with Gasteiger partial charge in [0.2, 0.25) is 0 Å². The Kier molecular flexibility index (Phi) is 10.6. The number of hydrogen-bond acceptors (Lipinski definition) is 9. The fourth-order valence-corrected chi connectivity index (χ4v) is 3.45. The summed E-state index contributed by atoms with van der Waals surface area (Å²) in [6, 6.07) is -0.884. The number of rotatable bonds is 9. The van der Waals surface area contributed by atoms with Gasteiger partial charge in [0.05, 0.1) is 34.8 Å². The molecule has 0 aromatic heterocycles. The van der Waals surface area contributed by atoms with Gasteiger partial charge in [-0.2, -0.15) is 0 Å². The van der Waals surface area contributed by atoms with E-state index < -0.39 is 0 Å². The zero-order valence-electron chi connectivity index (χ0n) is 20.0. The predicted molar refractivity (Wildman–Crippen MR) is 129 cm³/mol. The largest absolute Gasteiger partial charge is 0.512 e. The third-order valence-electron chi connectivity index (χ3n) is 5.18. The molecule has 9 nitrogen and oxygen atoms in total. The van der Waals surface area contributed by atoms with Gasteiger partial charge in [0, 0.05) is 18.6 Å². The van der Waals surface area contributed by atoms with Crippen LogP contribution in [0, 0.1) is 0 Å². The molecule has 0 bridgehead atoms. The summed E-state index contributed by atoms with van der Waals surface area (Å²) < 4.78 is 0. The first-order chi connectivity index (χ1) is 15.3. The minimum absolute atomic E-state index is 0.107. The number of aliphatic hydroxyl groups is 3. The van der Waals surface area contributed by atoms with Gasteiger partial charge in [-0.15, -0.1) is 0 Å². The van der Waals surface area contributed by atoms with E-state index in [4.69, 9.17) is 0 Å². The second kappa shape index (κ2) is 12.6. The van der Waals surface area contributed by atoms with E-state index in [9.17, 15) is 29.7 Å². The van der Waals surface area contributed by atoms with Crippen LogP contribution in [0.4, 0.5) is 0 Å². The standard InChI is InChI=1S/C24H33N3O6/c1-13(28)22(14(2)29)10-25-19-7-20(26-11-23(15(3)30)16(4)31)9-21(8-19)27-12-24(17(5)32)18(6)33/h10-12,19-21,28,30,32H,7-9H2,1-6H3/b22-13+,23-15+,24-17+,25-10?,26-11?,27-12?. The van der Waals surface area contributed by atoms with Gasteiger partial charge in [0.15, 0.2) is 17.3 Å². The molecule has 9 heteroatoms. The van der Waals surface area contributed by atoms with Crippen molar-refractivity contribution in [2.24, 2.45) is 15.0 Å². The summed E-state index contributed by atoms with van der Waals surface area (Å²) in [7, 11) is 0. The van der Waals surface area contributed by atoms with Crippen molar-refractivity contribution >= 4 is 36.0 Å². The van der Waals surface area contributed by atoms with Gasteiger partial charge in [-0.3, -0.25) is 29.4 Å². The first-order valence-corrected chi connectivity index (χ1v) is 10.6. The quantitative estimate of drug-likeness (QED) is 0.271. The topological polar surface area (TPSA) is 149 Å². The average molecular weight is 460 g/mol. The van der Waals surface area contributed by atoms with Crippen molar-refractivity contribution in [1.82, 2.24) is 0 Å². The first kappa shape index (κ1) is 27.7. The van der Waals surface area contributed by atoms with Crippen LogP contribution in [0.25, 0.3) is 0 Å². The molecule has 0 spiro atoms. The fourth-order valence-electron chi connectivity index (χ4n) is 3.45. The van der Waals surface area contributed by atoms with Crippen LogP contribution < -0.4 is 0 Å². The Morgan fingerprint density at radius 2 is 0.758 bits per heavy atom. The zero-order chi connectivity index (χ0) is 25.3. The summed E-state index contributed by atoms with van der Waals surface area (Å²) in [6.45, 7) is 8.22. The highest BCUT2D eigenvalue weighted by Gasteiger charge is 2.28. The molecule has 0 aliphatic heterocycles. The van der Waals surface area contributed by atoms with Crippen LogP contribution in [0.5, 0.6) is 0 Å². The molecule has 0 saturated heterocycles. The van der Waals surface area contributed by atoms with Crippen LogP contribution in [-0.2, 0) is 14.4 Å². The summed E-state index contributed by atoms with van der Waals surface area (Å²) in [6.07, 6.45) is 5.52. The number of carbonyl (C=O) groups excluding carboxylic acids is 3. The number of Topliss-reactive ketones (excluding diaryl/α,β-unsaturated/α-hetero) is 3. The highest BCUT2D eigenvalue weighted by Crippen LogP contribution is 2.27. The van der Waals surface area contributed by atoms with Crippen LogP contribution in [0.2, 0.25) is 0 Å². The lowest BCUT2D eigenvalue weighted by Gasteiger charge is -2.29. The van der Waals surface area contributed by atoms with Crippen molar-refractivity contribution in [3.8, 4) is 0 Å². The van der Waals surface area contributed by atoms with Gasteiger partial charge in [-0.05, 0) is 60.8 Å². The van der Waals surface area contributed by atoms with E-state index in [1.807, 2.05) is 0 Å². The van der Waals surface area contributed by atoms with Crippen molar-refractivity contribution in [2.75, 3.05) is 0 Å². The smallest absolute Gasteiger partial charge is 0.164 e. The lowest BCUT2D eigenvalue weighted by molar-refractivity contribution is -0.114. The molecule has 0 amide bonds. The van der Waals surface area contributed by atoms with E-state index in [1.54, 1.807) is 0 Å². The lowest BCUT2D eigenvalue weighted by atomic mass is 9.87. The number of aliphatic hydroxyl groups excluding tert-OH is 3. The number of ketones is 3. The van der Waals surface area contributed by atoms with E-state index in [-0.39, 0.29) is 69.5 Å². The molecule has 0 aromatic carbocycles. The summed E-state index contributed by atoms with van der Waals surface area (Å²) >= 11 is 0. The van der Waals surface area contributed by atoms with Crippen molar-refractivity contribution in [2.45, 2.75) is 78.9 Å². The molecule has 0 atom stereocenters. The van der Waals surface area contributed by atoms with Gasteiger partial charge in [-0.25, -0.2) is 0 Å². The van der Waals surface area contributed by atoms with Crippen LogP contribution in [0.3, 0.4) is 0 Å². The maximum Gasteiger partial charge on any atom is 0.164 e. The van der Waals surface area contributed by atoms with Gasteiger partial charge < -0.3 is 15.3 Å². The summed E-state index contributed by atoms with van der Waals surface area (Å²) in [4.78, 5) is 48.5. The van der Waals surface area contributed by atoms with Gasteiger partial charge in [0.1, 0.15) is 17.3 Å². The molecular formula is C24H33N3O6. The minimum Gasteiger partial charge on any atom is -0.512 e. The molecular weight excluding hydrogens is 426 g/mol. The molecule has 33 heavy (non-hydrogen) atoms. The van der Waals surface area contributed by atoms with E-state index in [0.29, 0.717) is 19.3 Å². The number of aliphatic imine (C=N–C) groups is 3. The average Bonchev–Trinajstić information content (AvgIpc) is 2.66. The highest BCUT2D eigenvalue weighted by atomic mass is 16.3. The van der Waals surface area contributed by atoms with E-state index in [0.717, 1.165) is 0 Å². The molecule has 1 aliphatic rings. The molecule has 1 saturated carbocycles. The fraction of sp³-hybridized carbons (Fsp3) is 0.500. The molecule has 0 unspecified atom stereocenters. The number of hydrogen-bond donors (Lipinski definition) is 3. The van der Waals surface area contributed by atoms with Gasteiger partial charge >= 0.3 is 0 Å². The van der Waals surface area contributed by atoms with Crippen molar-refractivity contribution in [3.63, 3.8) is 0 Å².